The van der Waals surface area contributed by atoms with Crippen molar-refractivity contribution in [1.82, 2.24) is 4.90 Å². The van der Waals surface area contributed by atoms with E-state index >= 15 is 0 Å². The van der Waals surface area contributed by atoms with Crippen molar-refractivity contribution in [2.75, 3.05) is 19.6 Å². The van der Waals surface area contributed by atoms with Gasteiger partial charge in [0.2, 0.25) is 0 Å². The second-order valence-corrected chi connectivity index (χ2v) is 3.21. The van der Waals surface area contributed by atoms with Crippen molar-refractivity contribution >= 4 is 0 Å². The van der Waals surface area contributed by atoms with Crippen LogP contribution in [0.25, 0.3) is 0 Å². The fraction of sp³-hybridized carbons (Fsp3) is 1.00. The van der Waals surface area contributed by atoms with Gasteiger partial charge in [-0.3, -0.25) is 4.90 Å². The zero-order chi connectivity index (χ0) is 8.27. The minimum Gasteiger partial charge on any atom is -0.297 e. The highest BCUT2D eigenvalue weighted by Crippen LogP contribution is 2.19. The molecule has 1 aliphatic rings. The van der Waals surface area contributed by atoms with Crippen LogP contribution in [0.3, 0.4) is 0 Å². The van der Waals surface area contributed by atoms with Gasteiger partial charge in [0.05, 0.1) is 6.54 Å². The summed E-state index contributed by atoms with van der Waals surface area (Å²) in [5, 5.41) is 0. The lowest BCUT2D eigenvalue weighted by Crippen LogP contribution is -2.26. The van der Waals surface area contributed by atoms with E-state index in [0.717, 1.165) is 25.9 Å². The van der Waals surface area contributed by atoms with E-state index in [-0.39, 0.29) is 6.54 Å². The van der Waals surface area contributed by atoms with Crippen LogP contribution in [0.5, 0.6) is 0 Å². The molecule has 0 unspecified atom stereocenters. The molecule has 66 valence electrons. The summed E-state index contributed by atoms with van der Waals surface area (Å²) in [6, 6.07) is 0. The first-order valence-electron chi connectivity index (χ1n) is 4.23. The molecule has 0 amide bonds. The van der Waals surface area contributed by atoms with Crippen molar-refractivity contribution in [3.05, 3.63) is 0 Å². The molecule has 0 radical (unpaired) electrons. The first-order valence-corrected chi connectivity index (χ1v) is 4.23. The average Bonchev–Trinajstić information content (AvgIpc) is 2.34. The highest BCUT2D eigenvalue weighted by molar-refractivity contribution is 4.74. The Morgan fingerprint density at radius 3 is 2.73 bits per heavy atom. The van der Waals surface area contributed by atoms with E-state index in [1.165, 1.54) is 0 Å². The van der Waals surface area contributed by atoms with Crippen LogP contribution in [-0.4, -0.2) is 31.0 Å². The van der Waals surface area contributed by atoms with Crippen LogP contribution < -0.4 is 0 Å². The predicted octanol–water partition coefficient (Wildman–Crippen LogP) is 1.98. The summed E-state index contributed by atoms with van der Waals surface area (Å²) in [6.45, 7) is 3.83. The quantitative estimate of drug-likeness (QED) is 0.615. The third-order valence-electron chi connectivity index (χ3n) is 2.34. The molecule has 0 aromatic heterocycles. The Morgan fingerprint density at radius 2 is 2.27 bits per heavy atom. The van der Waals surface area contributed by atoms with Gasteiger partial charge in [0, 0.05) is 6.54 Å². The molecule has 1 aliphatic heterocycles. The van der Waals surface area contributed by atoms with E-state index in [1.807, 2.05) is 4.90 Å². The molecule has 11 heavy (non-hydrogen) atoms. The molecule has 3 heteroatoms. The van der Waals surface area contributed by atoms with Gasteiger partial charge in [-0.15, -0.1) is 0 Å². The fourth-order valence-electron chi connectivity index (χ4n) is 1.61. The van der Waals surface area contributed by atoms with Crippen LogP contribution in [-0.2, 0) is 0 Å². The number of hydrogen-bond donors (Lipinski definition) is 0. The lowest BCUT2D eigenvalue weighted by molar-refractivity contribution is 0.0978. The number of hydrogen-bond acceptors (Lipinski definition) is 1. The maximum atomic E-state index is 11.9. The minimum absolute atomic E-state index is 0.0312. The second-order valence-electron chi connectivity index (χ2n) is 3.21. The zero-order valence-electron chi connectivity index (χ0n) is 6.89. The van der Waals surface area contributed by atoms with Gasteiger partial charge in [-0.1, -0.05) is 13.3 Å². The Labute approximate surface area is 66.4 Å². The largest absolute Gasteiger partial charge is 0.297 e. The van der Waals surface area contributed by atoms with Crippen molar-refractivity contribution < 1.29 is 8.78 Å². The average molecular weight is 163 g/mol. The maximum absolute atomic E-state index is 11.9. The Balaban J connectivity index is 2.19. The first kappa shape index (κ1) is 8.91. The monoisotopic (exact) mass is 163 g/mol. The summed E-state index contributed by atoms with van der Waals surface area (Å²) in [7, 11) is 0. The van der Waals surface area contributed by atoms with Gasteiger partial charge in [0.15, 0.2) is 0 Å². The maximum Gasteiger partial charge on any atom is 0.251 e. The van der Waals surface area contributed by atoms with Crippen LogP contribution in [0, 0.1) is 5.92 Å². The van der Waals surface area contributed by atoms with Crippen molar-refractivity contribution in [3.8, 4) is 0 Å². The Hall–Kier alpha value is -0.180. The van der Waals surface area contributed by atoms with Crippen LogP contribution in [0.4, 0.5) is 8.78 Å². The molecule has 1 saturated heterocycles. The summed E-state index contributed by atoms with van der Waals surface area (Å²) < 4.78 is 23.8. The van der Waals surface area contributed by atoms with Gasteiger partial charge in [-0.05, 0) is 18.9 Å². The highest BCUT2D eigenvalue weighted by atomic mass is 19.3. The molecule has 1 nitrogen and oxygen atoms in total. The predicted molar refractivity (Wildman–Crippen MR) is 40.8 cm³/mol. The molecule has 1 fully saturated rings. The SMILES string of the molecule is CC[C@H]1CCN(CC(F)F)C1. The van der Waals surface area contributed by atoms with Crippen molar-refractivity contribution in [1.29, 1.82) is 0 Å². The fourth-order valence-corrected chi connectivity index (χ4v) is 1.61. The topological polar surface area (TPSA) is 3.24 Å². The van der Waals surface area contributed by atoms with Gasteiger partial charge < -0.3 is 0 Å². The molecule has 1 atom stereocenters. The molecule has 0 saturated carbocycles. The smallest absolute Gasteiger partial charge is 0.251 e. The van der Waals surface area contributed by atoms with Gasteiger partial charge in [0.25, 0.3) is 6.43 Å². The molecule has 0 N–H and O–H groups in total. The molecule has 0 aliphatic carbocycles. The molecule has 1 rings (SSSR count). The van der Waals surface area contributed by atoms with E-state index in [9.17, 15) is 8.78 Å². The van der Waals surface area contributed by atoms with Gasteiger partial charge >= 0.3 is 0 Å². The summed E-state index contributed by atoms with van der Waals surface area (Å²) in [4.78, 5) is 1.86. The Kier molecular flexibility index (Phi) is 3.24. The summed E-state index contributed by atoms with van der Waals surface area (Å²) in [5.74, 6) is 0.661. The summed E-state index contributed by atoms with van der Waals surface area (Å²) in [5.41, 5.74) is 0. The van der Waals surface area contributed by atoms with Gasteiger partial charge in [-0.2, -0.15) is 0 Å². The van der Waals surface area contributed by atoms with Crippen LogP contribution in [0.2, 0.25) is 0 Å². The molecule has 0 bridgehead atoms. The third kappa shape index (κ3) is 2.73. The molecule has 0 aromatic carbocycles. The second kappa shape index (κ2) is 4.00. The molecule has 1 heterocycles. The number of alkyl halides is 2. The lowest BCUT2D eigenvalue weighted by Gasteiger charge is -2.14. The zero-order valence-corrected chi connectivity index (χ0v) is 6.89. The van der Waals surface area contributed by atoms with Crippen LogP contribution in [0.1, 0.15) is 19.8 Å². The van der Waals surface area contributed by atoms with Crippen molar-refractivity contribution in [2.24, 2.45) is 5.92 Å². The number of halogens is 2. The lowest BCUT2D eigenvalue weighted by atomic mass is 10.1. The van der Waals surface area contributed by atoms with Gasteiger partial charge in [-0.25, -0.2) is 8.78 Å². The van der Waals surface area contributed by atoms with E-state index < -0.39 is 6.43 Å². The number of likely N-dealkylation sites (tertiary alicyclic amines) is 1. The van der Waals surface area contributed by atoms with E-state index in [1.54, 1.807) is 0 Å². The number of rotatable bonds is 3. The summed E-state index contributed by atoms with van der Waals surface area (Å²) >= 11 is 0. The normalized spacial score (nSPS) is 26.7. The first-order chi connectivity index (χ1) is 5.22. The van der Waals surface area contributed by atoms with Crippen LogP contribution >= 0.6 is 0 Å². The van der Waals surface area contributed by atoms with E-state index in [0.29, 0.717) is 5.92 Å². The van der Waals surface area contributed by atoms with Crippen molar-refractivity contribution in [2.45, 2.75) is 26.2 Å². The minimum atomic E-state index is -2.16. The Morgan fingerprint density at radius 1 is 1.55 bits per heavy atom. The molecular weight excluding hydrogens is 148 g/mol. The van der Waals surface area contributed by atoms with E-state index in [2.05, 4.69) is 6.92 Å². The van der Waals surface area contributed by atoms with Crippen LogP contribution in [0.15, 0.2) is 0 Å². The summed E-state index contributed by atoms with van der Waals surface area (Å²) in [6.07, 6.45) is 0.0637. The van der Waals surface area contributed by atoms with Crippen molar-refractivity contribution in [3.63, 3.8) is 0 Å². The molecular formula is C8H15F2N. The standard InChI is InChI=1S/C8H15F2N/c1-2-7-3-4-11(5-7)6-8(9)10/h7-8H,2-6H2,1H3/t7-/m0/s1. The highest BCUT2D eigenvalue weighted by Gasteiger charge is 2.22. The van der Waals surface area contributed by atoms with Gasteiger partial charge in [0.1, 0.15) is 0 Å². The van der Waals surface area contributed by atoms with E-state index in [4.69, 9.17) is 0 Å². The molecule has 0 spiro atoms. The third-order valence-corrected chi connectivity index (χ3v) is 2.34. The Bertz CT molecular complexity index is 117. The number of nitrogens with zero attached hydrogens (tertiary/aromatic N) is 1. The molecule has 0 aromatic rings.